The van der Waals surface area contributed by atoms with E-state index in [1.54, 1.807) is 6.26 Å². The van der Waals surface area contributed by atoms with E-state index in [0.29, 0.717) is 31.5 Å². The molecule has 0 aromatic rings. The van der Waals surface area contributed by atoms with Crippen LogP contribution in [0.15, 0.2) is 48.3 Å². The molecule has 0 radical (unpaired) electrons. The summed E-state index contributed by atoms with van der Waals surface area (Å²) in [7, 11) is -5.71. The molecule has 2 rings (SSSR count). The van der Waals surface area contributed by atoms with Gasteiger partial charge in [-0.25, -0.2) is 0 Å². The van der Waals surface area contributed by atoms with Crippen molar-refractivity contribution in [3.63, 3.8) is 0 Å². The molecule has 1 aliphatic heterocycles. The molecular weight excluding hydrogens is 447 g/mol. The van der Waals surface area contributed by atoms with Crippen LogP contribution in [0.25, 0.3) is 0 Å². The van der Waals surface area contributed by atoms with E-state index in [1.165, 1.54) is 24.6 Å². The lowest BCUT2D eigenvalue weighted by molar-refractivity contribution is -0.0520. The van der Waals surface area contributed by atoms with Crippen molar-refractivity contribution < 1.29 is 25.8 Å². The minimum absolute atomic E-state index is 0.240. The van der Waals surface area contributed by atoms with Crippen LogP contribution in [0.2, 0.25) is 0 Å². The SMILES string of the molecule is C=CC1=C(C=C)C2(C=C1OS(=O)(=O)C(F)(F)F)CCNCC2.CC.CC.CCC.CS. The third-order valence-electron chi connectivity index (χ3n) is 3.89. The standard InChI is InChI=1S/C14H16F3NO3S.C3H8.2C2H6.CH4S/c1-3-10-11(4-2)13(5-7-18-8-6-13)9-12(10)21-22(19,20)14(15,16)17;1-3-2;3*1-2/h3-4,9,18H,1-2,5-8H2;3H2,1-2H3;2*1-2H3;2H,1H3. The second kappa shape index (κ2) is 17.4. The molecule has 1 fully saturated rings. The number of nitrogens with one attached hydrogen (secondary N) is 1. The molecule has 31 heavy (non-hydrogen) atoms. The zero-order valence-corrected chi connectivity index (χ0v) is 21.6. The Bertz CT molecular complexity index is 677. The molecule has 1 aliphatic carbocycles. The van der Waals surface area contributed by atoms with Gasteiger partial charge in [0.2, 0.25) is 0 Å². The van der Waals surface area contributed by atoms with Gasteiger partial charge in [-0.15, -0.1) is 0 Å². The summed E-state index contributed by atoms with van der Waals surface area (Å²) in [5.74, 6) is -0.330. The van der Waals surface area contributed by atoms with Gasteiger partial charge in [0.25, 0.3) is 0 Å². The fourth-order valence-corrected chi connectivity index (χ4v) is 3.32. The first-order chi connectivity index (χ1) is 14.6. The van der Waals surface area contributed by atoms with Crippen molar-refractivity contribution >= 4 is 22.7 Å². The summed E-state index contributed by atoms with van der Waals surface area (Å²) >= 11 is 3.53. The third kappa shape index (κ3) is 9.87. The van der Waals surface area contributed by atoms with E-state index in [9.17, 15) is 21.6 Å². The van der Waals surface area contributed by atoms with E-state index in [1.807, 2.05) is 27.7 Å². The summed E-state index contributed by atoms with van der Waals surface area (Å²) in [5, 5.41) is 3.15. The summed E-state index contributed by atoms with van der Waals surface area (Å²) in [6, 6.07) is 0. The van der Waals surface area contributed by atoms with Gasteiger partial charge in [0.05, 0.1) is 0 Å². The zero-order chi connectivity index (χ0) is 25.3. The molecule has 1 N–H and O–H groups in total. The predicted molar refractivity (Wildman–Crippen MR) is 130 cm³/mol. The second-order valence-corrected chi connectivity index (χ2v) is 7.38. The molecule has 0 atom stereocenters. The molecule has 0 amide bonds. The van der Waals surface area contributed by atoms with Crippen LogP contribution in [0.1, 0.15) is 60.8 Å². The Labute approximate surface area is 193 Å². The molecule has 0 aromatic heterocycles. The fraction of sp³-hybridized carbons (Fsp3) is 0.636. The summed E-state index contributed by atoms with van der Waals surface area (Å²) in [4.78, 5) is 0. The number of halogens is 3. The maximum Gasteiger partial charge on any atom is 0.534 e. The van der Waals surface area contributed by atoms with Crippen molar-refractivity contribution in [1.82, 2.24) is 5.32 Å². The van der Waals surface area contributed by atoms with Crippen molar-refractivity contribution in [1.29, 1.82) is 0 Å². The Balaban J connectivity index is -0.000000765. The van der Waals surface area contributed by atoms with Crippen LogP contribution >= 0.6 is 12.6 Å². The van der Waals surface area contributed by atoms with E-state index < -0.39 is 21.0 Å². The molecule has 0 saturated carbocycles. The highest BCUT2D eigenvalue weighted by molar-refractivity contribution is 7.87. The predicted octanol–water partition coefficient (Wildman–Crippen LogP) is 6.80. The van der Waals surface area contributed by atoms with Gasteiger partial charge in [-0.05, 0) is 43.8 Å². The molecule has 0 aromatic carbocycles. The maximum absolute atomic E-state index is 12.5. The lowest BCUT2D eigenvalue weighted by atomic mass is 9.74. The Hall–Kier alpha value is -1.19. The van der Waals surface area contributed by atoms with E-state index in [-0.39, 0.29) is 11.3 Å². The average Bonchev–Trinajstić information content (AvgIpc) is 3.03. The minimum Gasteiger partial charge on any atom is -0.376 e. The molecule has 1 saturated heterocycles. The van der Waals surface area contributed by atoms with Gasteiger partial charge in [0, 0.05) is 11.0 Å². The van der Waals surface area contributed by atoms with Gasteiger partial charge in [-0.2, -0.15) is 34.2 Å². The van der Waals surface area contributed by atoms with Crippen LogP contribution in [0.4, 0.5) is 13.2 Å². The molecule has 0 bridgehead atoms. The highest BCUT2D eigenvalue weighted by Crippen LogP contribution is 2.49. The second-order valence-electron chi connectivity index (χ2n) is 5.84. The highest BCUT2D eigenvalue weighted by atomic mass is 32.2. The van der Waals surface area contributed by atoms with Gasteiger partial charge >= 0.3 is 15.6 Å². The quantitative estimate of drug-likeness (QED) is 0.260. The van der Waals surface area contributed by atoms with Gasteiger partial charge in [0.15, 0.2) is 0 Å². The number of hydrogen-bond donors (Lipinski definition) is 2. The van der Waals surface area contributed by atoms with E-state index in [2.05, 4.69) is 49.1 Å². The number of hydrogen-bond acceptors (Lipinski definition) is 5. The first kappa shape index (κ1) is 34.4. The summed E-state index contributed by atoms with van der Waals surface area (Å²) < 4.78 is 64.4. The monoisotopic (exact) mass is 487 g/mol. The van der Waals surface area contributed by atoms with Gasteiger partial charge in [-0.1, -0.05) is 73.3 Å². The van der Waals surface area contributed by atoms with E-state index in [0.717, 1.165) is 0 Å². The smallest absolute Gasteiger partial charge is 0.376 e. The Morgan fingerprint density at radius 2 is 1.52 bits per heavy atom. The number of thiol groups is 1. The molecule has 4 nitrogen and oxygen atoms in total. The Kier molecular flexibility index (Phi) is 19.3. The van der Waals surface area contributed by atoms with Crippen LogP contribution in [0.5, 0.6) is 0 Å². The lowest BCUT2D eigenvalue weighted by Crippen LogP contribution is -2.35. The topological polar surface area (TPSA) is 55.4 Å². The molecule has 0 unspecified atom stereocenters. The normalized spacial score (nSPS) is 16.5. The average molecular weight is 488 g/mol. The van der Waals surface area contributed by atoms with Crippen LogP contribution in [0.3, 0.4) is 0 Å². The minimum atomic E-state index is -5.71. The lowest BCUT2D eigenvalue weighted by Gasteiger charge is -2.34. The first-order valence-corrected chi connectivity index (χ1v) is 12.8. The van der Waals surface area contributed by atoms with Crippen molar-refractivity contribution in [2.75, 3.05) is 19.3 Å². The van der Waals surface area contributed by atoms with Crippen LogP contribution < -0.4 is 5.32 Å². The summed E-state index contributed by atoms with van der Waals surface area (Å²) in [6.45, 7) is 20.8. The first-order valence-electron chi connectivity index (χ1n) is 10.5. The Morgan fingerprint density at radius 3 is 1.84 bits per heavy atom. The molecular formula is C22H40F3NO3S2. The largest absolute Gasteiger partial charge is 0.534 e. The van der Waals surface area contributed by atoms with Crippen LogP contribution in [-0.4, -0.2) is 33.3 Å². The molecule has 2 aliphatic rings. The van der Waals surface area contributed by atoms with Crippen molar-refractivity contribution in [2.45, 2.75) is 66.3 Å². The van der Waals surface area contributed by atoms with E-state index in [4.69, 9.17) is 0 Å². The molecule has 184 valence electrons. The molecule has 1 spiro atoms. The molecule has 1 heterocycles. The van der Waals surface area contributed by atoms with Gasteiger partial charge < -0.3 is 9.50 Å². The van der Waals surface area contributed by atoms with Crippen LogP contribution in [-0.2, 0) is 14.3 Å². The van der Waals surface area contributed by atoms with Crippen molar-refractivity contribution in [3.8, 4) is 0 Å². The fourth-order valence-electron chi connectivity index (χ4n) is 2.85. The third-order valence-corrected chi connectivity index (χ3v) is 4.85. The van der Waals surface area contributed by atoms with Crippen LogP contribution in [0, 0.1) is 5.41 Å². The zero-order valence-electron chi connectivity index (χ0n) is 19.9. The highest BCUT2D eigenvalue weighted by Gasteiger charge is 2.50. The maximum atomic E-state index is 12.5. The van der Waals surface area contributed by atoms with E-state index >= 15 is 0 Å². The van der Waals surface area contributed by atoms with Crippen molar-refractivity contribution in [3.05, 3.63) is 48.3 Å². The summed E-state index contributed by atoms with van der Waals surface area (Å²) in [5.41, 5.74) is -5.15. The van der Waals surface area contributed by atoms with Crippen molar-refractivity contribution in [2.24, 2.45) is 5.41 Å². The number of alkyl halides is 3. The molecule has 9 heteroatoms. The Morgan fingerprint density at radius 1 is 1.10 bits per heavy atom. The summed E-state index contributed by atoms with van der Waals surface area (Å²) in [6.07, 6.45) is 8.45. The van der Waals surface area contributed by atoms with Gasteiger partial charge in [0.1, 0.15) is 5.76 Å². The number of rotatable bonds is 4. The van der Waals surface area contributed by atoms with Gasteiger partial charge in [-0.3, -0.25) is 0 Å². The number of piperidine rings is 1. The number of allylic oxidation sites excluding steroid dienone is 4.